The van der Waals surface area contributed by atoms with Gasteiger partial charge in [0.05, 0.1) is 4.91 Å². The largest absolute Gasteiger partial charge is 0.287 e. The predicted octanol–water partition coefficient (Wildman–Crippen LogP) is 4.92. The van der Waals surface area contributed by atoms with Crippen LogP contribution in [0, 0.1) is 0 Å². The molecule has 1 aliphatic rings. The van der Waals surface area contributed by atoms with Crippen LogP contribution in [0.3, 0.4) is 0 Å². The van der Waals surface area contributed by atoms with E-state index in [1.165, 1.54) is 23.1 Å². The molecule has 0 unspecified atom stereocenters. The van der Waals surface area contributed by atoms with Gasteiger partial charge in [-0.1, -0.05) is 28.1 Å². The van der Waals surface area contributed by atoms with Gasteiger partial charge in [-0.25, -0.2) is 4.98 Å². The molecule has 0 atom stereocenters. The number of carbonyl (C=O) groups excluding carboxylic acids is 1. The van der Waals surface area contributed by atoms with Crippen molar-refractivity contribution < 1.29 is 4.79 Å². The number of aliphatic imine (C=N–C) groups is 1. The molecule has 2 aromatic rings. The van der Waals surface area contributed by atoms with E-state index in [1.807, 2.05) is 43.5 Å². The van der Waals surface area contributed by atoms with Gasteiger partial charge >= 0.3 is 0 Å². The fourth-order valence-corrected chi connectivity index (χ4v) is 4.11. The van der Waals surface area contributed by atoms with Crippen LogP contribution in [0.4, 0.5) is 5.13 Å². The van der Waals surface area contributed by atoms with Crippen LogP contribution in [-0.4, -0.2) is 27.5 Å². The minimum Gasteiger partial charge on any atom is -0.287 e. The molecule has 0 N–H and O–H groups in total. The average Bonchev–Trinajstić information content (AvgIpc) is 3.16. The summed E-state index contributed by atoms with van der Waals surface area (Å²) in [5, 5.41) is 3.24. The summed E-state index contributed by atoms with van der Waals surface area (Å²) in [7, 11) is 0. The van der Waals surface area contributed by atoms with E-state index in [0.717, 1.165) is 20.5 Å². The molecular weight excluding hydrogens is 394 g/mol. The van der Waals surface area contributed by atoms with Gasteiger partial charge in [-0.15, -0.1) is 11.3 Å². The van der Waals surface area contributed by atoms with E-state index >= 15 is 0 Å². The van der Waals surface area contributed by atoms with Gasteiger partial charge in [-0.3, -0.25) is 9.69 Å². The van der Waals surface area contributed by atoms with E-state index < -0.39 is 0 Å². The highest BCUT2D eigenvalue weighted by Crippen LogP contribution is 2.37. The Morgan fingerprint density at radius 2 is 2.09 bits per heavy atom. The molecule has 1 aliphatic heterocycles. The zero-order valence-corrected chi connectivity index (χ0v) is 15.8. The number of halogens is 1. The fraction of sp³-hybridized carbons (Fsp3) is 0.188. The summed E-state index contributed by atoms with van der Waals surface area (Å²) in [4.78, 5) is 23.8. The summed E-state index contributed by atoms with van der Waals surface area (Å²) in [6.07, 6.45) is 1.71. The number of amidine groups is 1. The Labute approximate surface area is 151 Å². The zero-order chi connectivity index (χ0) is 16.4. The first-order valence-electron chi connectivity index (χ1n) is 7.05. The lowest BCUT2D eigenvalue weighted by atomic mass is 10.1. The molecule has 0 aliphatic carbocycles. The number of benzene rings is 1. The van der Waals surface area contributed by atoms with Gasteiger partial charge in [0.2, 0.25) is 5.13 Å². The number of rotatable bonds is 3. The predicted molar refractivity (Wildman–Crippen MR) is 101 cm³/mol. The smallest absolute Gasteiger partial charge is 0.267 e. The van der Waals surface area contributed by atoms with Crippen molar-refractivity contribution in [2.45, 2.75) is 13.8 Å². The summed E-state index contributed by atoms with van der Waals surface area (Å²) < 4.78 is 1.02. The van der Waals surface area contributed by atoms with Crippen LogP contribution >= 0.6 is 39.0 Å². The summed E-state index contributed by atoms with van der Waals surface area (Å²) in [6, 6.07) is 7.97. The van der Waals surface area contributed by atoms with Crippen LogP contribution < -0.4 is 0 Å². The van der Waals surface area contributed by atoms with Crippen molar-refractivity contribution in [3.63, 3.8) is 0 Å². The number of amides is 1. The van der Waals surface area contributed by atoms with Gasteiger partial charge in [-0.05, 0) is 48.9 Å². The molecule has 7 heteroatoms. The summed E-state index contributed by atoms with van der Waals surface area (Å²) in [6.45, 7) is 4.52. The molecule has 1 aromatic heterocycles. The Kier molecular flexibility index (Phi) is 4.99. The van der Waals surface area contributed by atoms with Crippen LogP contribution in [-0.2, 0) is 4.79 Å². The molecular formula is C16H14BrN3OS2. The Balaban J connectivity index is 1.99. The van der Waals surface area contributed by atoms with Crippen molar-refractivity contribution in [2.75, 3.05) is 6.54 Å². The first kappa shape index (κ1) is 16.4. The van der Waals surface area contributed by atoms with Gasteiger partial charge in [0.15, 0.2) is 5.17 Å². The van der Waals surface area contributed by atoms with E-state index in [1.54, 1.807) is 11.1 Å². The van der Waals surface area contributed by atoms with E-state index in [2.05, 4.69) is 25.9 Å². The number of thiazole rings is 1. The average molecular weight is 408 g/mol. The van der Waals surface area contributed by atoms with Crippen molar-refractivity contribution in [3.8, 4) is 0 Å². The SMILES string of the molecule is CCN1C(=O)/C(=C(\C)c2ccc(Br)cc2)S/C1=N/c1nccs1. The molecule has 1 saturated heterocycles. The monoisotopic (exact) mass is 407 g/mol. The first-order valence-corrected chi connectivity index (χ1v) is 9.53. The number of allylic oxidation sites excluding steroid dienone is 1. The summed E-state index contributed by atoms with van der Waals surface area (Å²) in [5.41, 5.74) is 2.01. The molecule has 0 spiro atoms. The second-order valence-corrected chi connectivity index (χ2v) is 7.59. The third-order valence-corrected chi connectivity index (χ3v) is 5.78. The number of likely N-dealkylation sites (N-methyl/N-ethyl adjacent to an activating group) is 1. The molecule has 23 heavy (non-hydrogen) atoms. The maximum absolute atomic E-state index is 12.7. The van der Waals surface area contributed by atoms with Crippen molar-refractivity contribution >= 4 is 60.8 Å². The molecule has 0 bridgehead atoms. The lowest BCUT2D eigenvalue weighted by Gasteiger charge is -2.11. The molecule has 1 fully saturated rings. The second-order valence-electron chi connectivity index (χ2n) is 4.82. The van der Waals surface area contributed by atoms with Gasteiger partial charge in [0.25, 0.3) is 5.91 Å². The number of hydrogen-bond donors (Lipinski definition) is 0. The first-order chi connectivity index (χ1) is 11.1. The Morgan fingerprint density at radius 3 is 2.70 bits per heavy atom. The minimum atomic E-state index is 0.00762. The van der Waals surface area contributed by atoms with E-state index in [0.29, 0.717) is 16.8 Å². The highest BCUT2D eigenvalue weighted by atomic mass is 79.9. The van der Waals surface area contributed by atoms with Gasteiger partial charge in [-0.2, -0.15) is 4.99 Å². The quantitative estimate of drug-likeness (QED) is 0.678. The van der Waals surface area contributed by atoms with Gasteiger partial charge in [0, 0.05) is 22.6 Å². The van der Waals surface area contributed by atoms with Crippen molar-refractivity contribution in [2.24, 2.45) is 4.99 Å². The number of hydrogen-bond acceptors (Lipinski definition) is 5. The zero-order valence-electron chi connectivity index (χ0n) is 12.6. The topological polar surface area (TPSA) is 45.6 Å². The number of aromatic nitrogens is 1. The highest BCUT2D eigenvalue weighted by Gasteiger charge is 2.34. The lowest BCUT2D eigenvalue weighted by Crippen LogP contribution is -2.28. The maximum atomic E-state index is 12.7. The number of carbonyl (C=O) groups is 1. The Morgan fingerprint density at radius 1 is 1.35 bits per heavy atom. The van der Waals surface area contributed by atoms with Crippen LogP contribution in [0.5, 0.6) is 0 Å². The van der Waals surface area contributed by atoms with Gasteiger partial charge < -0.3 is 0 Å². The molecule has 118 valence electrons. The standard InChI is InChI=1S/C16H14BrN3OS2/c1-3-20-14(21)13(10(2)11-4-6-12(17)7-5-11)23-16(20)19-15-18-8-9-22-15/h4-9H,3H2,1-2H3/b13-10-,19-16+. The minimum absolute atomic E-state index is 0.00762. The van der Waals surface area contributed by atoms with Crippen LogP contribution in [0.2, 0.25) is 0 Å². The second kappa shape index (κ2) is 6.98. The molecule has 2 heterocycles. The van der Waals surface area contributed by atoms with Crippen molar-refractivity contribution in [1.82, 2.24) is 9.88 Å². The molecule has 1 amide bonds. The van der Waals surface area contributed by atoms with Crippen LogP contribution in [0.1, 0.15) is 19.4 Å². The Hall–Kier alpha value is -1.44. The van der Waals surface area contributed by atoms with Crippen molar-refractivity contribution in [3.05, 3.63) is 50.8 Å². The van der Waals surface area contributed by atoms with Gasteiger partial charge in [0.1, 0.15) is 0 Å². The molecule has 3 rings (SSSR count). The number of thioether (sulfide) groups is 1. The molecule has 0 saturated carbocycles. The molecule has 4 nitrogen and oxygen atoms in total. The van der Waals surface area contributed by atoms with E-state index in [9.17, 15) is 4.79 Å². The third-order valence-electron chi connectivity index (χ3n) is 3.41. The fourth-order valence-electron chi connectivity index (χ4n) is 2.18. The summed E-state index contributed by atoms with van der Waals surface area (Å²) >= 11 is 6.31. The highest BCUT2D eigenvalue weighted by molar-refractivity contribution is 9.10. The van der Waals surface area contributed by atoms with E-state index in [-0.39, 0.29) is 5.91 Å². The van der Waals surface area contributed by atoms with Crippen LogP contribution in [0.15, 0.2) is 50.2 Å². The Bertz CT molecular complexity index is 782. The normalized spacial score (nSPS) is 18.8. The third kappa shape index (κ3) is 3.41. The molecule has 1 aromatic carbocycles. The van der Waals surface area contributed by atoms with E-state index in [4.69, 9.17) is 0 Å². The molecule has 0 radical (unpaired) electrons. The maximum Gasteiger partial charge on any atom is 0.267 e. The van der Waals surface area contributed by atoms with Crippen molar-refractivity contribution in [1.29, 1.82) is 0 Å². The lowest BCUT2D eigenvalue weighted by molar-refractivity contribution is -0.122. The van der Waals surface area contributed by atoms with Crippen LogP contribution in [0.25, 0.3) is 5.57 Å². The number of nitrogens with zero attached hydrogens (tertiary/aromatic N) is 3. The summed E-state index contributed by atoms with van der Waals surface area (Å²) in [5.74, 6) is 0.00762.